The van der Waals surface area contributed by atoms with Crippen molar-refractivity contribution in [2.45, 2.75) is 76.7 Å². The van der Waals surface area contributed by atoms with Gasteiger partial charge in [-0.2, -0.15) is 9.37 Å². The van der Waals surface area contributed by atoms with Gasteiger partial charge >= 0.3 is 0 Å². The van der Waals surface area contributed by atoms with E-state index in [1.54, 1.807) is 24.5 Å². The predicted molar refractivity (Wildman–Crippen MR) is 169 cm³/mol. The number of aromatic nitrogens is 4. The number of hydrogen-bond donors (Lipinski definition) is 1. The number of rotatable bonds is 7. The normalized spacial score (nSPS) is 19.4. The first kappa shape index (κ1) is 30.9. The maximum Gasteiger partial charge on any atom is 0.264 e. The van der Waals surface area contributed by atoms with Gasteiger partial charge in [0.1, 0.15) is 11.5 Å². The van der Waals surface area contributed by atoms with Crippen LogP contribution in [0.25, 0.3) is 11.3 Å². The van der Waals surface area contributed by atoms with Crippen LogP contribution in [0.15, 0.2) is 59.8 Å². The Kier molecular flexibility index (Phi) is 8.72. The van der Waals surface area contributed by atoms with Crippen molar-refractivity contribution >= 4 is 16.0 Å². The molecule has 1 N–H and O–H groups in total. The molecule has 2 aromatic carbocycles. The molecule has 0 saturated heterocycles. The van der Waals surface area contributed by atoms with Gasteiger partial charge in [-0.1, -0.05) is 49.6 Å². The van der Waals surface area contributed by atoms with Crippen molar-refractivity contribution in [3.63, 3.8) is 0 Å². The fraction of sp³-hybridized carbons (Fsp3) is 0.412. The van der Waals surface area contributed by atoms with Gasteiger partial charge in [0.15, 0.2) is 5.75 Å². The lowest BCUT2D eigenvalue weighted by Gasteiger charge is -2.34. The van der Waals surface area contributed by atoms with Crippen molar-refractivity contribution < 1.29 is 22.3 Å². The second-order valence-electron chi connectivity index (χ2n) is 12.4. The van der Waals surface area contributed by atoms with Crippen molar-refractivity contribution in [1.29, 1.82) is 0 Å². The molecule has 2 aromatic heterocycles. The second-order valence-corrected chi connectivity index (χ2v) is 14.1. The average Bonchev–Trinajstić information content (AvgIpc) is 2.97. The first-order valence-electron chi connectivity index (χ1n) is 15.4. The van der Waals surface area contributed by atoms with Crippen LogP contribution in [0, 0.1) is 31.5 Å². The Morgan fingerprint density at radius 1 is 1.04 bits per heavy atom. The molecule has 11 heteroatoms. The summed E-state index contributed by atoms with van der Waals surface area (Å²) in [6.45, 7) is 7.77. The van der Waals surface area contributed by atoms with Crippen LogP contribution in [0.3, 0.4) is 0 Å². The maximum absolute atomic E-state index is 16.2. The van der Waals surface area contributed by atoms with E-state index < -0.39 is 15.8 Å². The van der Waals surface area contributed by atoms with Crippen LogP contribution in [0.2, 0.25) is 0 Å². The van der Waals surface area contributed by atoms with Gasteiger partial charge in [0.05, 0.1) is 30.0 Å². The summed E-state index contributed by atoms with van der Waals surface area (Å²) in [4.78, 5) is 17.8. The second kappa shape index (κ2) is 12.7. The molecule has 4 aromatic rings. The van der Waals surface area contributed by atoms with E-state index in [0.717, 1.165) is 36.0 Å². The molecule has 236 valence electrons. The van der Waals surface area contributed by atoms with E-state index in [1.807, 2.05) is 52.0 Å². The molecule has 0 spiro atoms. The number of hydrogen-bond acceptors (Lipinski definition) is 8. The Morgan fingerprint density at radius 3 is 2.42 bits per heavy atom. The first-order chi connectivity index (χ1) is 21.6. The standard InChI is InChI=1S/C34H38FN5O4S/c1-20(2)44-26-17-36-29(37-18-26)16-28-24-12-7-13-27(15-24)45(41,42)40-34-38-32(30-21(3)8-5-9-22(30)4)31(35)33(39-34)43-19-25(28)14-23-10-6-11-23/h5,7-9,12-13,15,17-18,20,23,25,28H,6,10-11,14,16,19H2,1-4H3,(H,38,39,40)/t25-,28?/m1/s1. The molecule has 2 aliphatic rings. The van der Waals surface area contributed by atoms with Crippen molar-refractivity contribution in [3.8, 4) is 22.9 Å². The third kappa shape index (κ3) is 6.78. The maximum atomic E-state index is 16.2. The lowest BCUT2D eigenvalue weighted by atomic mass is 9.73. The van der Waals surface area contributed by atoms with Crippen molar-refractivity contribution in [2.75, 3.05) is 11.3 Å². The number of aryl methyl sites for hydroxylation is 2. The minimum absolute atomic E-state index is 0.00833. The highest BCUT2D eigenvalue weighted by atomic mass is 32.2. The summed E-state index contributed by atoms with van der Waals surface area (Å²) in [5, 5.41) is 0. The number of fused-ring (bicyclic) bond motifs is 4. The van der Waals surface area contributed by atoms with E-state index in [0.29, 0.717) is 29.5 Å². The molecule has 6 rings (SSSR count). The first-order valence-corrected chi connectivity index (χ1v) is 16.9. The minimum Gasteiger partial charge on any atom is -0.488 e. The lowest BCUT2D eigenvalue weighted by Crippen LogP contribution is -2.28. The fourth-order valence-corrected chi connectivity index (χ4v) is 7.24. The van der Waals surface area contributed by atoms with Crippen LogP contribution in [-0.4, -0.2) is 41.1 Å². The topological polar surface area (TPSA) is 116 Å². The Balaban J connectivity index is 1.45. The SMILES string of the molecule is Cc1cccc(C)c1-c1nc2nc(c1F)OC[C@@H](CC1CCC1)C(Cc1ncc(OC(C)C)cn1)c1cccc(c1)S(=O)(=O)N2. The van der Waals surface area contributed by atoms with Crippen LogP contribution in [0.1, 0.15) is 68.0 Å². The molecule has 1 aliphatic carbocycles. The third-order valence-corrected chi connectivity index (χ3v) is 10.0. The summed E-state index contributed by atoms with van der Waals surface area (Å²) < 4.78 is 58.0. The highest BCUT2D eigenvalue weighted by Crippen LogP contribution is 2.41. The monoisotopic (exact) mass is 631 g/mol. The van der Waals surface area contributed by atoms with Crippen LogP contribution in [0.5, 0.6) is 11.6 Å². The van der Waals surface area contributed by atoms with Gasteiger partial charge in [-0.3, -0.25) is 0 Å². The summed E-state index contributed by atoms with van der Waals surface area (Å²) in [6, 6.07) is 12.5. The van der Waals surface area contributed by atoms with Gasteiger partial charge in [-0.15, -0.1) is 0 Å². The van der Waals surface area contributed by atoms with E-state index in [-0.39, 0.29) is 47.0 Å². The molecule has 45 heavy (non-hydrogen) atoms. The molecule has 4 bridgehead atoms. The van der Waals surface area contributed by atoms with Gasteiger partial charge in [0.25, 0.3) is 15.9 Å². The number of benzene rings is 2. The Bertz CT molecular complexity index is 1780. The highest BCUT2D eigenvalue weighted by Gasteiger charge is 2.33. The van der Waals surface area contributed by atoms with Crippen molar-refractivity contribution in [3.05, 3.63) is 83.2 Å². The molecule has 1 saturated carbocycles. The number of anilines is 1. The summed E-state index contributed by atoms with van der Waals surface area (Å²) in [6.07, 6.45) is 7.98. The smallest absolute Gasteiger partial charge is 0.264 e. The van der Waals surface area contributed by atoms with E-state index in [4.69, 9.17) is 9.47 Å². The third-order valence-electron chi connectivity index (χ3n) is 8.68. The summed E-state index contributed by atoms with van der Waals surface area (Å²) >= 11 is 0. The molecular formula is C34H38FN5O4S. The minimum atomic E-state index is -4.13. The molecule has 1 unspecified atom stereocenters. The van der Waals surface area contributed by atoms with Gasteiger partial charge in [0, 0.05) is 17.9 Å². The van der Waals surface area contributed by atoms with Crippen molar-refractivity contribution in [1.82, 2.24) is 19.9 Å². The lowest BCUT2D eigenvalue weighted by molar-refractivity contribution is 0.155. The molecule has 1 aliphatic heterocycles. The quantitative estimate of drug-likeness (QED) is 0.237. The summed E-state index contributed by atoms with van der Waals surface area (Å²) in [7, 11) is -4.13. The Labute approximate surface area is 263 Å². The number of sulfonamides is 1. The molecule has 0 amide bonds. The zero-order valence-electron chi connectivity index (χ0n) is 26.0. The molecule has 9 nitrogen and oxygen atoms in total. The zero-order chi connectivity index (χ0) is 31.7. The van der Waals surface area contributed by atoms with Gasteiger partial charge < -0.3 is 9.47 Å². The average molecular weight is 632 g/mol. The van der Waals surface area contributed by atoms with Crippen LogP contribution in [-0.2, 0) is 16.4 Å². The predicted octanol–water partition coefficient (Wildman–Crippen LogP) is 6.80. The summed E-state index contributed by atoms with van der Waals surface area (Å²) in [5.41, 5.74) is 2.98. The van der Waals surface area contributed by atoms with Gasteiger partial charge in [-0.05, 0) is 74.8 Å². The highest BCUT2D eigenvalue weighted by molar-refractivity contribution is 7.92. The molecule has 1 fully saturated rings. The molecule has 0 radical (unpaired) electrons. The largest absolute Gasteiger partial charge is 0.488 e. The Morgan fingerprint density at radius 2 is 1.76 bits per heavy atom. The number of halogens is 1. The molecule has 3 heterocycles. The number of nitrogens with zero attached hydrogens (tertiary/aromatic N) is 4. The molecular weight excluding hydrogens is 593 g/mol. The van der Waals surface area contributed by atoms with E-state index in [1.165, 1.54) is 12.5 Å². The van der Waals surface area contributed by atoms with Crippen LogP contribution < -0.4 is 14.2 Å². The Hall–Kier alpha value is -4.12. The van der Waals surface area contributed by atoms with Crippen molar-refractivity contribution in [2.24, 2.45) is 11.8 Å². The summed E-state index contributed by atoms with van der Waals surface area (Å²) in [5.74, 6) is 0.108. The van der Waals surface area contributed by atoms with Gasteiger partial charge in [0.2, 0.25) is 11.8 Å². The van der Waals surface area contributed by atoms with E-state index >= 15 is 4.39 Å². The molecule has 2 atom stereocenters. The van der Waals surface area contributed by atoms with E-state index in [2.05, 4.69) is 24.7 Å². The number of ether oxygens (including phenoxy) is 2. The number of nitrogens with one attached hydrogen (secondary N) is 1. The zero-order valence-corrected chi connectivity index (χ0v) is 26.8. The van der Waals surface area contributed by atoms with Gasteiger partial charge in [-0.25, -0.2) is 28.1 Å². The van der Waals surface area contributed by atoms with E-state index in [9.17, 15) is 8.42 Å². The van der Waals surface area contributed by atoms with Crippen LogP contribution in [0.4, 0.5) is 10.3 Å². The van der Waals surface area contributed by atoms with Crippen LogP contribution >= 0.6 is 0 Å². The fourth-order valence-electron chi connectivity index (χ4n) is 6.24.